The first-order chi connectivity index (χ1) is 11.8. The number of hydrogen-bond acceptors (Lipinski definition) is 5. The standard InChI is InChI=1S/C18H19NO6/c1-11(20)13-5-4-6-14(7-13)24-10-17(21)19(3)9-15-8-16(18(22)23)12(2)25-15/h4-8H,9-10H2,1-3H3,(H,22,23). The van der Waals surface area contributed by atoms with Gasteiger partial charge in [0.1, 0.15) is 22.8 Å². The largest absolute Gasteiger partial charge is 0.484 e. The van der Waals surface area contributed by atoms with Gasteiger partial charge in [-0.3, -0.25) is 9.59 Å². The lowest BCUT2D eigenvalue weighted by Gasteiger charge is -2.16. The van der Waals surface area contributed by atoms with Gasteiger partial charge in [-0.1, -0.05) is 12.1 Å². The fraction of sp³-hybridized carbons (Fsp3) is 0.278. The average molecular weight is 345 g/mol. The van der Waals surface area contributed by atoms with E-state index in [4.69, 9.17) is 14.3 Å². The maximum atomic E-state index is 12.1. The van der Waals surface area contributed by atoms with Crippen molar-refractivity contribution in [3.05, 3.63) is 53.0 Å². The van der Waals surface area contributed by atoms with Gasteiger partial charge in [0.2, 0.25) is 0 Å². The Morgan fingerprint density at radius 2 is 1.96 bits per heavy atom. The number of nitrogens with zero attached hydrogens (tertiary/aromatic N) is 1. The highest BCUT2D eigenvalue weighted by molar-refractivity contribution is 5.94. The van der Waals surface area contributed by atoms with Gasteiger partial charge in [0, 0.05) is 12.6 Å². The molecule has 2 rings (SSSR count). The molecule has 0 saturated heterocycles. The summed E-state index contributed by atoms with van der Waals surface area (Å²) in [4.78, 5) is 35.9. The maximum Gasteiger partial charge on any atom is 0.339 e. The minimum Gasteiger partial charge on any atom is -0.484 e. The highest BCUT2D eigenvalue weighted by Crippen LogP contribution is 2.17. The lowest BCUT2D eigenvalue weighted by molar-refractivity contribution is -0.132. The topological polar surface area (TPSA) is 97.1 Å². The summed E-state index contributed by atoms with van der Waals surface area (Å²) in [5.41, 5.74) is 0.582. The number of hydrogen-bond donors (Lipinski definition) is 1. The number of ketones is 1. The van der Waals surface area contributed by atoms with E-state index in [0.717, 1.165) is 0 Å². The van der Waals surface area contributed by atoms with Crippen LogP contribution in [0.3, 0.4) is 0 Å². The smallest absolute Gasteiger partial charge is 0.339 e. The molecule has 25 heavy (non-hydrogen) atoms. The number of Topliss-reactive ketones (excluding diaryl/α,β-unsaturated/α-hetero) is 1. The minimum atomic E-state index is -1.07. The molecule has 1 N–H and O–H groups in total. The summed E-state index contributed by atoms with van der Waals surface area (Å²) in [7, 11) is 1.57. The van der Waals surface area contributed by atoms with Crippen molar-refractivity contribution >= 4 is 17.7 Å². The number of furan rings is 1. The Bertz CT molecular complexity index is 808. The number of carboxylic acid groups (broad SMARTS) is 1. The van der Waals surface area contributed by atoms with Gasteiger partial charge in [0.05, 0.1) is 6.54 Å². The van der Waals surface area contributed by atoms with E-state index in [-0.39, 0.29) is 30.4 Å². The number of benzene rings is 1. The van der Waals surface area contributed by atoms with Crippen LogP contribution in [0, 0.1) is 6.92 Å². The highest BCUT2D eigenvalue weighted by atomic mass is 16.5. The Hall–Kier alpha value is -3.09. The Labute approximate surface area is 144 Å². The predicted octanol–water partition coefficient (Wildman–Crippen LogP) is 2.53. The molecule has 1 aromatic carbocycles. The molecule has 0 saturated carbocycles. The second-order valence-corrected chi connectivity index (χ2v) is 5.61. The number of carbonyl (C=O) groups is 3. The van der Waals surface area contributed by atoms with Gasteiger partial charge in [-0.2, -0.15) is 0 Å². The van der Waals surface area contributed by atoms with E-state index < -0.39 is 5.97 Å². The molecule has 0 aliphatic heterocycles. The van der Waals surface area contributed by atoms with Crippen molar-refractivity contribution in [3.63, 3.8) is 0 Å². The number of carboxylic acids is 1. The number of likely N-dealkylation sites (N-methyl/N-ethyl adjacent to an activating group) is 1. The van der Waals surface area contributed by atoms with Crippen LogP contribution in [0.1, 0.15) is 39.2 Å². The lowest BCUT2D eigenvalue weighted by Crippen LogP contribution is -2.30. The van der Waals surface area contributed by atoms with E-state index in [1.807, 2.05) is 0 Å². The molecule has 2 aromatic rings. The second-order valence-electron chi connectivity index (χ2n) is 5.61. The molecular formula is C18H19NO6. The van der Waals surface area contributed by atoms with E-state index >= 15 is 0 Å². The van der Waals surface area contributed by atoms with Crippen molar-refractivity contribution < 1.29 is 28.6 Å². The maximum absolute atomic E-state index is 12.1. The number of carbonyl (C=O) groups excluding carboxylic acids is 2. The zero-order valence-corrected chi connectivity index (χ0v) is 14.2. The summed E-state index contributed by atoms with van der Waals surface area (Å²) in [6.07, 6.45) is 0. The Balaban J connectivity index is 1.94. The molecule has 1 amide bonds. The van der Waals surface area contributed by atoms with E-state index in [9.17, 15) is 14.4 Å². The number of amides is 1. The van der Waals surface area contributed by atoms with Crippen LogP contribution in [0.15, 0.2) is 34.7 Å². The van der Waals surface area contributed by atoms with Gasteiger partial charge in [0.15, 0.2) is 12.4 Å². The molecule has 7 nitrogen and oxygen atoms in total. The Kier molecular flexibility index (Phi) is 5.59. The summed E-state index contributed by atoms with van der Waals surface area (Å²) >= 11 is 0. The van der Waals surface area contributed by atoms with Crippen LogP contribution in [0.25, 0.3) is 0 Å². The molecule has 0 unspecified atom stereocenters. The Morgan fingerprint density at radius 1 is 1.24 bits per heavy atom. The van der Waals surface area contributed by atoms with Crippen molar-refractivity contribution in [2.45, 2.75) is 20.4 Å². The summed E-state index contributed by atoms with van der Waals surface area (Å²) in [5.74, 6) is -0.368. The predicted molar refractivity (Wildman–Crippen MR) is 88.8 cm³/mol. The van der Waals surface area contributed by atoms with Crippen molar-refractivity contribution in [1.29, 1.82) is 0 Å². The van der Waals surface area contributed by atoms with Gasteiger partial charge in [-0.25, -0.2) is 4.79 Å². The minimum absolute atomic E-state index is 0.0770. The van der Waals surface area contributed by atoms with Gasteiger partial charge >= 0.3 is 5.97 Å². The summed E-state index contributed by atoms with van der Waals surface area (Å²) < 4.78 is 10.8. The van der Waals surface area contributed by atoms with Crippen LogP contribution in [-0.4, -0.2) is 41.3 Å². The summed E-state index contributed by atoms with van der Waals surface area (Å²) in [5, 5.41) is 9.01. The molecule has 0 aliphatic carbocycles. The van der Waals surface area contributed by atoms with Crippen LogP contribution in [0.2, 0.25) is 0 Å². The fourth-order valence-corrected chi connectivity index (χ4v) is 2.22. The van der Waals surface area contributed by atoms with E-state index in [0.29, 0.717) is 22.8 Å². The fourth-order valence-electron chi connectivity index (χ4n) is 2.22. The van der Waals surface area contributed by atoms with Crippen LogP contribution < -0.4 is 4.74 Å². The van der Waals surface area contributed by atoms with Crippen molar-refractivity contribution in [2.24, 2.45) is 0 Å². The number of aryl methyl sites for hydroxylation is 1. The second kappa shape index (κ2) is 7.65. The molecule has 0 spiro atoms. The van der Waals surface area contributed by atoms with Crippen LogP contribution >= 0.6 is 0 Å². The van der Waals surface area contributed by atoms with Crippen molar-refractivity contribution in [3.8, 4) is 5.75 Å². The van der Waals surface area contributed by atoms with E-state index in [1.165, 1.54) is 17.9 Å². The van der Waals surface area contributed by atoms with Crippen LogP contribution in [0.5, 0.6) is 5.75 Å². The zero-order chi connectivity index (χ0) is 18.6. The molecule has 0 bridgehead atoms. The summed E-state index contributed by atoms with van der Waals surface area (Å²) in [6.45, 7) is 2.93. The highest BCUT2D eigenvalue weighted by Gasteiger charge is 2.17. The normalized spacial score (nSPS) is 10.4. The first kappa shape index (κ1) is 18.3. The quantitative estimate of drug-likeness (QED) is 0.775. The van der Waals surface area contributed by atoms with E-state index in [1.54, 1.807) is 38.2 Å². The van der Waals surface area contributed by atoms with Crippen molar-refractivity contribution in [2.75, 3.05) is 13.7 Å². The van der Waals surface area contributed by atoms with Crippen LogP contribution in [0.4, 0.5) is 0 Å². The lowest BCUT2D eigenvalue weighted by atomic mass is 10.1. The van der Waals surface area contributed by atoms with Gasteiger partial charge < -0.3 is 19.2 Å². The molecule has 0 fully saturated rings. The summed E-state index contributed by atoms with van der Waals surface area (Å²) in [6, 6.07) is 7.99. The van der Waals surface area contributed by atoms with Gasteiger partial charge in [-0.05, 0) is 32.0 Å². The molecule has 0 atom stereocenters. The number of ether oxygens (including phenoxy) is 1. The SMILES string of the molecule is CC(=O)c1cccc(OCC(=O)N(C)Cc2cc(C(=O)O)c(C)o2)c1. The van der Waals surface area contributed by atoms with Gasteiger partial charge in [0.25, 0.3) is 5.91 Å². The third-order valence-corrected chi connectivity index (χ3v) is 3.62. The Morgan fingerprint density at radius 3 is 2.56 bits per heavy atom. The molecule has 1 aromatic heterocycles. The number of aromatic carboxylic acids is 1. The van der Waals surface area contributed by atoms with Crippen LogP contribution in [-0.2, 0) is 11.3 Å². The molecule has 0 aliphatic rings. The first-order valence-electron chi connectivity index (χ1n) is 7.58. The molecular weight excluding hydrogens is 326 g/mol. The third kappa shape index (κ3) is 4.69. The van der Waals surface area contributed by atoms with Crippen molar-refractivity contribution in [1.82, 2.24) is 4.90 Å². The number of rotatable bonds is 7. The zero-order valence-electron chi connectivity index (χ0n) is 14.2. The van der Waals surface area contributed by atoms with E-state index in [2.05, 4.69) is 0 Å². The average Bonchev–Trinajstić information content (AvgIpc) is 2.93. The van der Waals surface area contributed by atoms with Gasteiger partial charge in [-0.15, -0.1) is 0 Å². The molecule has 132 valence electrons. The third-order valence-electron chi connectivity index (χ3n) is 3.62. The first-order valence-corrected chi connectivity index (χ1v) is 7.58. The molecule has 1 heterocycles. The molecule has 0 radical (unpaired) electrons. The monoisotopic (exact) mass is 345 g/mol. The molecule has 7 heteroatoms.